The highest BCUT2D eigenvalue weighted by Gasteiger charge is 2.19. The molecule has 2 aromatic rings. The molecule has 1 saturated heterocycles. The summed E-state index contributed by atoms with van der Waals surface area (Å²) in [7, 11) is -1.88. The maximum absolute atomic E-state index is 12.4. The van der Waals surface area contributed by atoms with Gasteiger partial charge >= 0.3 is 0 Å². The Kier molecular flexibility index (Phi) is 7.89. The minimum absolute atomic E-state index is 0.187. The lowest BCUT2D eigenvalue weighted by atomic mass is 10.2. The van der Waals surface area contributed by atoms with Crippen molar-refractivity contribution in [1.82, 2.24) is 9.62 Å². The molecule has 0 radical (unpaired) electrons. The number of anilines is 2. The van der Waals surface area contributed by atoms with Gasteiger partial charge in [-0.25, -0.2) is 13.1 Å². The van der Waals surface area contributed by atoms with Crippen LogP contribution in [-0.2, 0) is 14.8 Å². The van der Waals surface area contributed by atoms with Gasteiger partial charge < -0.3 is 15.0 Å². The zero-order chi connectivity index (χ0) is 22.3. The van der Waals surface area contributed by atoms with Crippen LogP contribution in [0, 0.1) is 0 Å². The van der Waals surface area contributed by atoms with Crippen LogP contribution in [0.5, 0.6) is 5.75 Å². The molecule has 9 heteroatoms. The van der Waals surface area contributed by atoms with Gasteiger partial charge in [-0.3, -0.25) is 9.69 Å². The molecule has 0 aromatic heterocycles. The summed E-state index contributed by atoms with van der Waals surface area (Å²) in [5.41, 5.74) is 1.68. The number of para-hydroxylation sites is 2. The predicted octanol–water partition coefficient (Wildman–Crippen LogP) is 2.14. The molecule has 1 aliphatic rings. The highest BCUT2D eigenvalue weighted by atomic mass is 32.2. The van der Waals surface area contributed by atoms with Gasteiger partial charge in [-0.05, 0) is 49.4 Å². The van der Waals surface area contributed by atoms with Gasteiger partial charge in [0.2, 0.25) is 15.9 Å². The smallest absolute Gasteiger partial charge is 0.240 e. The number of ether oxygens (including phenoxy) is 1. The van der Waals surface area contributed by atoms with Gasteiger partial charge in [-0.1, -0.05) is 12.1 Å². The van der Waals surface area contributed by atoms with E-state index < -0.39 is 10.0 Å². The lowest BCUT2D eigenvalue weighted by molar-refractivity contribution is -0.114. The van der Waals surface area contributed by atoms with Crippen molar-refractivity contribution in [3.8, 4) is 5.75 Å². The first-order chi connectivity index (χ1) is 14.9. The van der Waals surface area contributed by atoms with Gasteiger partial charge in [0.05, 0.1) is 17.7 Å². The number of benzene rings is 2. The van der Waals surface area contributed by atoms with Gasteiger partial charge in [0.25, 0.3) is 0 Å². The third-order valence-electron chi connectivity index (χ3n) is 5.23. The first-order valence-electron chi connectivity index (χ1n) is 10.4. The molecule has 1 amide bonds. The number of hydrogen-bond acceptors (Lipinski definition) is 6. The summed E-state index contributed by atoms with van der Waals surface area (Å²) in [4.78, 5) is 15.9. The number of sulfonamides is 1. The number of amides is 1. The van der Waals surface area contributed by atoms with Crippen LogP contribution in [0.25, 0.3) is 0 Å². The molecule has 168 valence electrons. The first kappa shape index (κ1) is 23.1. The third-order valence-corrected chi connectivity index (χ3v) is 6.70. The minimum Gasteiger partial charge on any atom is -0.495 e. The summed E-state index contributed by atoms with van der Waals surface area (Å²) >= 11 is 0. The fourth-order valence-electron chi connectivity index (χ4n) is 3.62. The second-order valence-corrected chi connectivity index (χ2v) is 9.22. The van der Waals surface area contributed by atoms with Crippen molar-refractivity contribution in [2.24, 2.45) is 0 Å². The summed E-state index contributed by atoms with van der Waals surface area (Å²) in [5, 5.41) is 2.62. The molecule has 0 unspecified atom stereocenters. The van der Waals surface area contributed by atoms with E-state index in [1.165, 1.54) is 19.1 Å². The van der Waals surface area contributed by atoms with E-state index in [1.807, 2.05) is 18.2 Å². The van der Waals surface area contributed by atoms with Gasteiger partial charge in [0.15, 0.2) is 0 Å². The molecular weight excluding hydrogens is 416 g/mol. The second kappa shape index (κ2) is 10.6. The summed E-state index contributed by atoms with van der Waals surface area (Å²) in [6.45, 7) is 6.29. The number of piperazine rings is 1. The van der Waals surface area contributed by atoms with E-state index >= 15 is 0 Å². The Balaban J connectivity index is 1.41. The molecule has 3 rings (SSSR count). The molecule has 31 heavy (non-hydrogen) atoms. The Bertz CT molecular complexity index is 971. The lowest BCUT2D eigenvalue weighted by Gasteiger charge is -2.36. The Morgan fingerprint density at radius 1 is 1.03 bits per heavy atom. The lowest BCUT2D eigenvalue weighted by Crippen LogP contribution is -2.47. The molecule has 0 saturated carbocycles. The van der Waals surface area contributed by atoms with Crippen molar-refractivity contribution in [2.75, 3.05) is 56.6 Å². The standard InChI is InChI=1S/C22H30N4O4S/c1-18(27)24-19-8-10-20(11-9-19)31(28,29)23-12-5-13-25-14-16-26(17-15-25)21-6-3-4-7-22(21)30-2/h3-4,6-11,23H,5,12-17H2,1-2H3,(H,24,27). The molecule has 0 spiro atoms. The van der Waals surface area contributed by atoms with Gasteiger partial charge in [-0.15, -0.1) is 0 Å². The van der Waals surface area contributed by atoms with E-state index in [9.17, 15) is 13.2 Å². The van der Waals surface area contributed by atoms with E-state index in [0.717, 1.165) is 50.6 Å². The fraction of sp³-hybridized carbons (Fsp3) is 0.409. The largest absolute Gasteiger partial charge is 0.495 e. The van der Waals surface area contributed by atoms with Crippen molar-refractivity contribution in [3.05, 3.63) is 48.5 Å². The average Bonchev–Trinajstić information content (AvgIpc) is 2.77. The van der Waals surface area contributed by atoms with Crippen molar-refractivity contribution in [3.63, 3.8) is 0 Å². The Hall–Kier alpha value is -2.62. The zero-order valence-corrected chi connectivity index (χ0v) is 18.8. The van der Waals surface area contributed by atoms with Crippen LogP contribution < -0.4 is 19.7 Å². The van der Waals surface area contributed by atoms with Crippen LogP contribution in [0.15, 0.2) is 53.4 Å². The highest BCUT2D eigenvalue weighted by Crippen LogP contribution is 2.28. The quantitative estimate of drug-likeness (QED) is 0.574. The second-order valence-electron chi connectivity index (χ2n) is 7.46. The summed E-state index contributed by atoms with van der Waals surface area (Å²) in [6.07, 6.45) is 0.734. The number of nitrogens with zero attached hydrogens (tertiary/aromatic N) is 2. The van der Waals surface area contributed by atoms with Crippen LogP contribution >= 0.6 is 0 Å². The highest BCUT2D eigenvalue weighted by molar-refractivity contribution is 7.89. The normalized spacial score (nSPS) is 15.0. The summed E-state index contributed by atoms with van der Waals surface area (Å²) in [6, 6.07) is 14.2. The maximum Gasteiger partial charge on any atom is 0.240 e. The molecule has 1 heterocycles. The van der Waals surface area contributed by atoms with Gasteiger partial charge in [-0.2, -0.15) is 0 Å². The number of hydrogen-bond donors (Lipinski definition) is 2. The molecule has 1 fully saturated rings. The zero-order valence-electron chi connectivity index (χ0n) is 18.0. The van der Waals surface area contributed by atoms with Crippen LogP contribution in [0.2, 0.25) is 0 Å². The number of carbonyl (C=O) groups excluding carboxylic acids is 1. The summed E-state index contributed by atoms with van der Waals surface area (Å²) in [5.74, 6) is 0.688. The summed E-state index contributed by atoms with van der Waals surface area (Å²) < 4.78 is 33.0. The van der Waals surface area contributed by atoms with E-state index in [4.69, 9.17) is 4.74 Å². The van der Waals surface area contributed by atoms with E-state index in [-0.39, 0.29) is 10.8 Å². The van der Waals surface area contributed by atoms with Crippen LogP contribution in [0.4, 0.5) is 11.4 Å². The first-order valence-corrected chi connectivity index (χ1v) is 11.8. The van der Waals surface area contributed by atoms with Crippen LogP contribution in [0.3, 0.4) is 0 Å². The van der Waals surface area contributed by atoms with E-state index in [0.29, 0.717) is 12.2 Å². The number of methoxy groups -OCH3 is 1. The Morgan fingerprint density at radius 3 is 2.35 bits per heavy atom. The average molecular weight is 447 g/mol. The van der Waals surface area contributed by atoms with E-state index in [2.05, 4.69) is 25.9 Å². The predicted molar refractivity (Wildman–Crippen MR) is 122 cm³/mol. The van der Waals surface area contributed by atoms with Crippen LogP contribution in [0.1, 0.15) is 13.3 Å². The van der Waals surface area contributed by atoms with E-state index in [1.54, 1.807) is 19.2 Å². The van der Waals surface area contributed by atoms with Crippen molar-refractivity contribution in [1.29, 1.82) is 0 Å². The monoisotopic (exact) mass is 446 g/mol. The maximum atomic E-state index is 12.4. The molecule has 2 N–H and O–H groups in total. The molecule has 0 aliphatic carbocycles. The number of nitrogens with one attached hydrogen (secondary N) is 2. The van der Waals surface area contributed by atoms with Crippen LogP contribution in [-0.4, -0.2) is 65.6 Å². The third kappa shape index (κ3) is 6.43. The topological polar surface area (TPSA) is 91.0 Å². The SMILES string of the molecule is COc1ccccc1N1CCN(CCCNS(=O)(=O)c2ccc(NC(C)=O)cc2)CC1. The molecule has 8 nitrogen and oxygen atoms in total. The Labute approximate surface area is 184 Å². The van der Waals surface area contributed by atoms with Crippen molar-refractivity contribution < 1.29 is 17.9 Å². The Morgan fingerprint density at radius 2 is 1.71 bits per heavy atom. The molecular formula is C22H30N4O4S. The number of carbonyl (C=O) groups is 1. The molecule has 1 aliphatic heterocycles. The molecule has 0 bridgehead atoms. The molecule has 0 atom stereocenters. The fourth-order valence-corrected chi connectivity index (χ4v) is 4.69. The van der Waals surface area contributed by atoms with Gasteiger partial charge in [0, 0.05) is 45.3 Å². The number of rotatable bonds is 9. The van der Waals surface area contributed by atoms with Crippen molar-refractivity contribution in [2.45, 2.75) is 18.2 Å². The van der Waals surface area contributed by atoms with Gasteiger partial charge in [0.1, 0.15) is 5.75 Å². The molecule has 2 aromatic carbocycles. The van der Waals surface area contributed by atoms with Crippen molar-refractivity contribution >= 4 is 27.3 Å². The minimum atomic E-state index is -3.56.